The highest BCUT2D eigenvalue weighted by Gasteiger charge is 2.27. The van der Waals surface area contributed by atoms with Crippen LogP contribution >= 0.6 is 0 Å². The van der Waals surface area contributed by atoms with Gasteiger partial charge in [-0.3, -0.25) is 4.79 Å². The molecule has 1 saturated heterocycles. The van der Waals surface area contributed by atoms with Crippen LogP contribution in [0.5, 0.6) is 0 Å². The van der Waals surface area contributed by atoms with Crippen molar-refractivity contribution < 1.29 is 4.79 Å². The summed E-state index contributed by atoms with van der Waals surface area (Å²) in [6.07, 6.45) is 7.68. The van der Waals surface area contributed by atoms with Crippen molar-refractivity contribution in [1.82, 2.24) is 14.9 Å². The second kappa shape index (κ2) is 8.10. The van der Waals surface area contributed by atoms with Gasteiger partial charge in [-0.15, -0.1) is 0 Å². The third-order valence-electron chi connectivity index (χ3n) is 4.87. The van der Waals surface area contributed by atoms with Crippen LogP contribution in [-0.4, -0.2) is 40.4 Å². The van der Waals surface area contributed by atoms with Crippen molar-refractivity contribution >= 4 is 11.7 Å². The quantitative estimate of drug-likeness (QED) is 0.837. The molecule has 0 spiro atoms. The fourth-order valence-corrected chi connectivity index (χ4v) is 3.41. The van der Waals surface area contributed by atoms with Crippen molar-refractivity contribution in [3.8, 4) is 0 Å². The van der Waals surface area contributed by atoms with E-state index in [1.54, 1.807) is 12.4 Å². The molecule has 1 amide bonds. The van der Waals surface area contributed by atoms with Gasteiger partial charge in [0, 0.05) is 26.2 Å². The van der Waals surface area contributed by atoms with Gasteiger partial charge < -0.3 is 9.80 Å². The summed E-state index contributed by atoms with van der Waals surface area (Å²) in [5, 5.41) is 0. The molecule has 3 rings (SSSR count). The molecule has 0 bridgehead atoms. The van der Waals surface area contributed by atoms with Gasteiger partial charge in [-0.2, -0.15) is 0 Å². The van der Waals surface area contributed by atoms with E-state index in [-0.39, 0.29) is 5.91 Å². The Morgan fingerprint density at radius 2 is 2.00 bits per heavy atom. The van der Waals surface area contributed by atoms with Gasteiger partial charge in [0.25, 0.3) is 5.91 Å². The molecule has 1 atom stereocenters. The number of benzene rings is 1. The standard InChI is InChI=1S/C20H26N4O/c1-3-17-11-7-8-12-24(17)20(25)18-13-22-19(14-21-18)23(2)15-16-9-5-4-6-10-16/h4-6,9-10,13-14,17H,3,7-8,11-12,15H2,1-2H3. The second-order valence-corrected chi connectivity index (χ2v) is 6.66. The van der Waals surface area contributed by atoms with Crippen molar-refractivity contribution in [2.75, 3.05) is 18.5 Å². The number of carbonyl (C=O) groups excluding carboxylic acids is 1. The lowest BCUT2D eigenvalue weighted by molar-refractivity contribution is 0.0601. The molecule has 2 heterocycles. The van der Waals surface area contributed by atoms with Gasteiger partial charge in [-0.05, 0) is 31.2 Å². The Morgan fingerprint density at radius 3 is 2.68 bits per heavy atom. The van der Waals surface area contributed by atoms with Gasteiger partial charge in [0.2, 0.25) is 0 Å². The van der Waals surface area contributed by atoms with Crippen molar-refractivity contribution in [1.29, 1.82) is 0 Å². The van der Waals surface area contributed by atoms with Gasteiger partial charge in [0.1, 0.15) is 11.5 Å². The van der Waals surface area contributed by atoms with Crippen LogP contribution in [0.3, 0.4) is 0 Å². The summed E-state index contributed by atoms with van der Waals surface area (Å²) in [4.78, 5) is 25.6. The number of anilines is 1. The molecular formula is C20H26N4O. The molecule has 25 heavy (non-hydrogen) atoms. The number of rotatable bonds is 5. The average molecular weight is 338 g/mol. The van der Waals surface area contributed by atoms with Gasteiger partial charge in [-0.25, -0.2) is 9.97 Å². The summed E-state index contributed by atoms with van der Waals surface area (Å²) in [6, 6.07) is 10.6. The minimum absolute atomic E-state index is 0.0105. The summed E-state index contributed by atoms with van der Waals surface area (Å²) in [5.74, 6) is 0.780. The number of likely N-dealkylation sites (tertiary alicyclic amines) is 1. The molecule has 1 aliphatic rings. The maximum Gasteiger partial charge on any atom is 0.274 e. The zero-order valence-electron chi connectivity index (χ0n) is 15.1. The maximum atomic E-state index is 12.8. The van der Waals surface area contributed by atoms with Gasteiger partial charge >= 0.3 is 0 Å². The molecule has 1 fully saturated rings. The Bertz CT molecular complexity index is 687. The molecule has 5 nitrogen and oxygen atoms in total. The SMILES string of the molecule is CCC1CCCCN1C(=O)c1cnc(N(C)Cc2ccccc2)cn1. The Morgan fingerprint density at radius 1 is 1.20 bits per heavy atom. The highest BCUT2D eigenvalue weighted by Crippen LogP contribution is 2.21. The lowest BCUT2D eigenvalue weighted by Crippen LogP contribution is -2.43. The molecule has 0 saturated carbocycles. The van der Waals surface area contributed by atoms with Crippen molar-refractivity contribution in [3.05, 3.63) is 54.0 Å². The molecule has 1 aromatic heterocycles. The normalized spacial score (nSPS) is 17.4. The summed E-state index contributed by atoms with van der Waals surface area (Å²) in [7, 11) is 1.98. The summed E-state index contributed by atoms with van der Waals surface area (Å²) in [6.45, 7) is 3.73. The van der Waals surface area contributed by atoms with E-state index in [1.807, 2.05) is 35.0 Å². The van der Waals surface area contributed by atoms with Crippen LogP contribution in [0.2, 0.25) is 0 Å². The van der Waals surface area contributed by atoms with Crippen LogP contribution in [0.1, 0.15) is 48.7 Å². The molecule has 0 N–H and O–H groups in total. The Labute approximate surface area is 149 Å². The maximum absolute atomic E-state index is 12.8. The molecule has 1 unspecified atom stereocenters. The van der Waals surface area contributed by atoms with E-state index in [1.165, 1.54) is 12.0 Å². The third-order valence-corrected chi connectivity index (χ3v) is 4.87. The van der Waals surface area contributed by atoms with Crippen LogP contribution in [0, 0.1) is 0 Å². The Hall–Kier alpha value is -2.43. The molecule has 2 aromatic rings. The van der Waals surface area contributed by atoms with E-state index in [2.05, 4.69) is 29.0 Å². The number of piperidine rings is 1. The predicted molar refractivity (Wildman–Crippen MR) is 99.5 cm³/mol. The minimum atomic E-state index is 0.0105. The number of hydrogen-bond acceptors (Lipinski definition) is 4. The van der Waals surface area contributed by atoms with Crippen LogP contribution in [0.25, 0.3) is 0 Å². The number of carbonyl (C=O) groups is 1. The van der Waals surface area contributed by atoms with E-state index in [9.17, 15) is 4.79 Å². The smallest absolute Gasteiger partial charge is 0.274 e. The minimum Gasteiger partial charge on any atom is -0.354 e. The highest BCUT2D eigenvalue weighted by atomic mass is 16.2. The molecule has 132 valence electrons. The van der Waals surface area contributed by atoms with Crippen LogP contribution < -0.4 is 4.90 Å². The van der Waals surface area contributed by atoms with Gasteiger partial charge in [0.05, 0.1) is 12.4 Å². The summed E-state index contributed by atoms with van der Waals surface area (Å²) < 4.78 is 0. The van der Waals surface area contributed by atoms with Gasteiger partial charge in [0.15, 0.2) is 0 Å². The van der Waals surface area contributed by atoms with E-state index >= 15 is 0 Å². The van der Waals surface area contributed by atoms with E-state index in [0.717, 1.165) is 38.2 Å². The number of nitrogens with zero attached hydrogens (tertiary/aromatic N) is 4. The van der Waals surface area contributed by atoms with E-state index in [0.29, 0.717) is 11.7 Å². The predicted octanol–water partition coefficient (Wildman–Crippen LogP) is 3.52. The molecule has 5 heteroatoms. The Kier molecular flexibility index (Phi) is 5.64. The lowest BCUT2D eigenvalue weighted by atomic mass is 10.00. The molecule has 0 aliphatic carbocycles. The largest absolute Gasteiger partial charge is 0.354 e. The fraction of sp³-hybridized carbons (Fsp3) is 0.450. The zero-order valence-corrected chi connectivity index (χ0v) is 15.1. The highest BCUT2D eigenvalue weighted by molar-refractivity contribution is 5.92. The Balaban J connectivity index is 1.68. The monoisotopic (exact) mass is 338 g/mol. The first kappa shape index (κ1) is 17.4. The van der Waals surface area contributed by atoms with Crippen molar-refractivity contribution in [3.63, 3.8) is 0 Å². The average Bonchev–Trinajstić information content (AvgIpc) is 2.68. The van der Waals surface area contributed by atoms with E-state index in [4.69, 9.17) is 0 Å². The van der Waals surface area contributed by atoms with Gasteiger partial charge in [-0.1, -0.05) is 37.3 Å². The fourth-order valence-electron chi connectivity index (χ4n) is 3.41. The summed E-state index contributed by atoms with van der Waals surface area (Å²) in [5.41, 5.74) is 1.66. The molecule has 0 radical (unpaired) electrons. The zero-order chi connectivity index (χ0) is 17.6. The topological polar surface area (TPSA) is 49.3 Å². The molecule has 1 aromatic carbocycles. The molecular weight excluding hydrogens is 312 g/mol. The first-order chi connectivity index (χ1) is 12.2. The lowest BCUT2D eigenvalue weighted by Gasteiger charge is -2.35. The number of hydrogen-bond donors (Lipinski definition) is 0. The molecule has 1 aliphatic heterocycles. The van der Waals surface area contributed by atoms with Crippen molar-refractivity contribution in [2.24, 2.45) is 0 Å². The second-order valence-electron chi connectivity index (χ2n) is 6.66. The third kappa shape index (κ3) is 4.16. The number of aromatic nitrogens is 2. The first-order valence-corrected chi connectivity index (χ1v) is 9.07. The first-order valence-electron chi connectivity index (χ1n) is 9.07. The van der Waals surface area contributed by atoms with Crippen LogP contribution in [-0.2, 0) is 6.54 Å². The van der Waals surface area contributed by atoms with Crippen LogP contribution in [0.15, 0.2) is 42.7 Å². The van der Waals surface area contributed by atoms with E-state index < -0.39 is 0 Å². The summed E-state index contributed by atoms with van der Waals surface area (Å²) >= 11 is 0. The van der Waals surface area contributed by atoms with Crippen molar-refractivity contribution in [2.45, 2.75) is 45.2 Å². The number of amides is 1. The van der Waals surface area contributed by atoms with Crippen LogP contribution in [0.4, 0.5) is 5.82 Å².